The van der Waals surface area contributed by atoms with Crippen molar-refractivity contribution in [3.63, 3.8) is 0 Å². The van der Waals surface area contributed by atoms with Gasteiger partial charge in [0.05, 0.1) is 6.10 Å². The molecule has 30 heavy (non-hydrogen) atoms. The maximum Gasteiger partial charge on any atom is 0.125 e. The van der Waals surface area contributed by atoms with Gasteiger partial charge in [0.25, 0.3) is 0 Å². The Hall–Kier alpha value is -0.890. The average molecular weight is 413 g/mol. The molecule has 0 aliphatic heterocycles. The van der Waals surface area contributed by atoms with Crippen LogP contribution in [0.15, 0.2) is 22.8 Å². The van der Waals surface area contributed by atoms with E-state index in [2.05, 4.69) is 40.7 Å². The van der Waals surface area contributed by atoms with Crippen LogP contribution in [0.3, 0.4) is 0 Å². The largest absolute Gasteiger partial charge is 0.392 e. The molecule has 0 spiro atoms. The Morgan fingerprint density at radius 1 is 1.13 bits per heavy atom. The van der Waals surface area contributed by atoms with E-state index in [4.69, 9.17) is 0 Å². The molecule has 2 saturated carbocycles. The van der Waals surface area contributed by atoms with Crippen LogP contribution in [0.4, 0.5) is 0 Å². The fourth-order valence-electron chi connectivity index (χ4n) is 8.61. The van der Waals surface area contributed by atoms with Gasteiger partial charge in [0.15, 0.2) is 0 Å². The van der Waals surface area contributed by atoms with Gasteiger partial charge in [0.1, 0.15) is 6.29 Å². The van der Waals surface area contributed by atoms with E-state index >= 15 is 0 Å². The second-order valence-corrected chi connectivity index (χ2v) is 12.0. The van der Waals surface area contributed by atoms with Crippen molar-refractivity contribution < 1.29 is 9.90 Å². The van der Waals surface area contributed by atoms with Crippen molar-refractivity contribution in [1.29, 1.82) is 0 Å². The van der Waals surface area contributed by atoms with Crippen molar-refractivity contribution >= 4 is 6.29 Å². The molecule has 1 N–H and O–H groups in total. The lowest BCUT2D eigenvalue weighted by molar-refractivity contribution is -0.123. The third-order valence-corrected chi connectivity index (χ3v) is 10.3. The number of aliphatic hydroxyl groups excluding tert-OH is 1. The zero-order chi connectivity index (χ0) is 21.7. The molecule has 168 valence electrons. The van der Waals surface area contributed by atoms with Crippen LogP contribution >= 0.6 is 0 Å². The van der Waals surface area contributed by atoms with Crippen LogP contribution in [0, 0.1) is 40.4 Å². The minimum Gasteiger partial charge on any atom is -0.392 e. The number of fused-ring (bicyclic) bond motifs is 4. The molecule has 4 rings (SSSR count). The van der Waals surface area contributed by atoms with Crippen molar-refractivity contribution in [2.45, 2.75) is 105 Å². The molecule has 0 aromatic carbocycles. The molecule has 2 nitrogen and oxygen atoms in total. The number of carbonyl (C=O) groups excluding carboxylic acids is 1. The number of hydrogen-bond donors (Lipinski definition) is 1. The van der Waals surface area contributed by atoms with Gasteiger partial charge in [-0.25, -0.2) is 0 Å². The smallest absolute Gasteiger partial charge is 0.125 e. The van der Waals surface area contributed by atoms with Crippen LogP contribution in [0.1, 0.15) is 98.8 Å². The summed E-state index contributed by atoms with van der Waals surface area (Å²) in [6, 6.07) is 0. The monoisotopic (exact) mass is 412 g/mol. The lowest BCUT2D eigenvalue weighted by Crippen LogP contribution is -2.50. The van der Waals surface area contributed by atoms with E-state index in [1.165, 1.54) is 50.5 Å². The maximum absolute atomic E-state index is 11.8. The Morgan fingerprint density at radius 2 is 1.90 bits per heavy atom. The maximum atomic E-state index is 11.8. The molecule has 0 heterocycles. The Morgan fingerprint density at radius 3 is 2.60 bits per heavy atom. The van der Waals surface area contributed by atoms with E-state index in [-0.39, 0.29) is 11.3 Å². The van der Waals surface area contributed by atoms with Crippen molar-refractivity contribution in [1.82, 2.24) is 0 Å². The SMILES string of the molecule is CC(C)=CCCC(C)[C@H]1CC[C@H]2C3=C(CC[C@]12C)[C@@]1(C)CC[C@H](O)C(C=O)[C@@H]1CC3. The second kappa shape index (κ2) is 8.23. The van der Waals surface area contributed by atoms with E-state index in [1.807, 2.05) is 0 Å². The molecule has 0 aromatic rings. The lowest BCUT2D eigenvalue weighted by Gasteiger charge is -2.56. The third kappa shape index (κ3) is 3.46. The molecule has 0 amide bonds. The summed E-state index contributed by atoms with van der Waals surface area (Å²) in [6.45, 7) is 12.0. The highest BCUT2D eigenvalue weighted by Gasteiger charge is 2.57. The van der Waals surface area contributed by atoms with Crippen LogP contribution in [0.25, 0.3) is 0 Å². The highest BCUT2D eigenvalue weighted by Crippen LogP contribution is 2.66. The van der Waals surface area contributed by atoms with Crippen molar-refractivity contribution in [3.05, 3.63) is 22.8 Å². The molecule has 0 bridgehead atoms. The van der Waals surface area contributed by atoms with Crippen LogP contribution in [0.2, 0.25) is 0 Å². The van der Waals surface area contributed by atoms with Gasteiger partial charge >= 0.3 is 0 Å². The molecule has 0 saturated heterocycles. The van der Waals surface area contributed by atoms with Gasteiger partial charge < -0.3 is 9.90 Å². The molecule has 4 aliphatic rings. The predicted molar refractivity (Wildman–Crippen MR) is 124 cm³/mol. The molecule has 2 heteroatoms. The summed E-state index contributed by atoms with van der Waals surface area (Å²) in [5.41, 5.74) is 5.57. The lowest BCUT2D eigenvalue weighted by atomic mass is 9.49. The molecule has 8 atom stereocenters. The van der Waals surface area contributed by atoms with E-state index in [0.717, 1.165) is 43.3 Å². The van der Waals surface area contributed by atoms with Gasteiger partial charge in [-0.05, 0) is 113 Å². The Balaban J connectivity index is 1.58. The molecular formula is C28H44O2. The first-order chi connectivity index (χ1) is 14.2. The van der Waals surface area contributed by atoms with Gasteiger partial charge in [-0.15, -0.1) is 0 Å². The fourth-order valence-corrected chi connectivity index (χ4v) is 8.61. The van der Waals surface area contributed by atoms with Gasteiger partial charge in [-0.3, -0.25) is 0 Å². The van der Waals surface area contributed by atoms with Crippen molar-refractivity contribution in [3.8, 4) is 0 Å². The highest BCUT2D eigenvalue weighted by molar-refractivity contribution is 5.57. The van der Waals surface area contributed by atoms with Gasteiger partial charge in [0.2, 0.25) is 0 Å². The molecular weight excluding hydrogens is 368 g/mol. The predicted octanol–water partition coefficient (Wildman–Crippen LogP) is 6.88. The van der Waals surface area contributed by atoms with E-state index in [0.29, 0.717) is 11.3 Å². The summed E-state index contributed by atoms with van der Waals surface area (Å²) in [6.07, 6.45) is 15.1. The van der Waals surface area contributed by atoms with Crippen molar-refractivity contribution in [2.75, 3.05) is 0 Å². The standard InChI is InChI=1S/C28H44O2/c1-18(2)7-6-8-19(3)22-11-12-23-20-9-10-24-21(17-29)26(30)14-16-28(24,5)25(20)13-15-27(22,23)4/h7,17,19,21-24,26,30H,6,8-16H2,1-5H3/t19?,21?,22-,23+,24+,26+,27-,28+/m1/s1. The highest BCUT2D eigenvalue weighted by atomic mass is 16.3. The first-order valence-corrected chi connectivity index (χ1v) is 12.7. The number of rotatable bonds is 5. The van der Waals surface area contributed by atoms with Gasteiger partial charge in [0, 0.05) is 5.92 Å². The topological polar surface area (TPSA) is 37.3 Å². The number of aliphatic hydroxyl groups is 1. The quantitative estimate of drug-likeness (QED) is 0.395. The minimum atomic E-state index is -0.422. The summed E-state index contributed by atoms with van der Waals surface area (Å²) in [5, 5.41) is 10.5. The number of aldehydes is 1. The fraction of sp³-hybridized carbons (Fsp3) is 0.821. The van der Waals surface area contributed by atoms with E-state index < -0.39 is 6.10 Å². The third-order valence-electron chi connectivity index (χ3n) is 10.3. The Labute approximate surface area is 184 Å². The summed E-state index contributed by atoms with van der Waals surface area (Å²) >= 11 is 0. The first kappa shape index (κ1) is 22.3. The van der Waals surface area contributed by atoms with Gasteiger partial charge in [-0.1, -0.05) is 43.6 Å². The van der Waals surface area contributed by atoms with Gasteiger partial charge in [-0.2, -0.15) is 0 Å². The number of allylic oxidation sites excluding steroid dienone is 4. The zero-order valence-electron chi connectivity index (χ0n) is 20.0. The summed E-state index contributed by atoms with van der Waals surface area (Å²) in [4.78, 5) is 11.8. The molecule has 0 aromatic heterocycles. The van der Waals surface area contributed by atoms with Crippen molar-refractivity contribution in [2.24, 2.45) is 40.4 Å². The summed E-state index contributed by atoms with van der Waals surface area (Å²) in [5.74, 6) is 2.61. The van der Waals surface area contributed by atoms with E-state index in [1.54, 1.807) is 11.1 Å². The molecule has 2 fully saturated rings. The zero-order valence-corrected chi connectivity index (χ0v) is 20.0. The summed E-state index contributed by atoms with van der Waals surface area (Å²) < 4.78 is 0. The molecule has 2 unspecified atom stereocenters. The average Bonchev–Trinajstić information content (AvgIpc) is 3.05. The molecule has 4 aliphatic carbocycles. The Kier molecular flexibility index (Phi) is 6.12. The van der Waals surface area contributed by atoms with Crippen LogP contribution in [-0.4, -0.2) is 17.5 Å². The minimum absolute atomic E-state index is 0.146. The number of carbonyl (C=O) groups is 1. The summed E-state index contributed by atoms with van der Waals surface area (Å²) in [7, 11) is 0. The van der Waals surface area contributed by atoms with E-state index in [9.17, 15) is 9.90 Å². The van der Waals surface area contributed by atoms with Crippen LogP contribution in [-0.2, 0) is 4.79 Å². The Bertz CT molecular complexity index is 729. The van der Waals surface area contributed by atoms with Crippen LogP contribution < -0.4 is 0 Å². The first-order valence-electron chi connectivity index (χ1n) is 12.7. The molecule has 0 radical (unpaired) electrons. The van der Waals surface area contributed by atoms with Crippen LogP contribution in [0.5, 0.6) is 0 Å². The second-order valence-electron chi connectivity index (χ2n) is 12.0. The number of hydrogen-bond acceptors (Lipinski definition) is 2. The normalized spacial score (nSPS) is 44.0.